The zero-order chi connectivity index (χ0) is 14.7. The second-order valence-corrected chi connectivity index (χ2v) is 6.39. The number of urea groups is 1. The molecule has 5 heteroatoms. The molecule has 0 radical (unpaired) electrons. The molecule has 1 unspecified atom stereocenters. The smallest absolute Gasteiger partial charge is 0.317 e. The highest BCUT2D eigenvalue weighted by atomic mass is 35.5. The number of piperidine rings is 1. The molecule has 0 spiro atoms. The molecule has 2 N–H and O–H groups in total. The van der Waals surface area contributed by atoms with Crippen LogP contribution in [0.3, 0.4) is 0 Å². The van der Waals surface area contributed by atoms with Gasteiger partial charge < -0.3 is 15.5 Å². The van der Waals surface area contributed by atoms with E-state index in [1.807, 2.05) is 17.0 Å². The molecular formula is C16H22ClN3O. The van der Waals surface area contributed by atoms with E-state index in [0.29, 0.717) is 12.0 Å². The lowest BCUT2D eigenvalue weighted by Crippen LogP contribution is -2.48. The fourth-order valence-electron chi connectivity index (χ4n) is 3.19. The third-order valence-corrected chi connectivity index (χ3v) is 4.76. The number of rotatable bonds is 2. The van der Waals surface area contributed by atoms with Gasteiger partial charge in [-0.05, 0) is 49.4 Å². The van der Waals surface area contributed by atoms with Gasteiger partial charge >= 0.3 is 6.03 Å². The van der Waals surface area contributed by atoms with Crippen molar-refractivity contribution in [3.05, 3.63) is 34.9 Å². The normalized spacial score (nSPS) is 23.3. The average molecular weight is 308 g/mol. The summed E-state index contributed by atoms with van der Waals surface area (Å²) in [5.74, 6) is 0.541. The first kappa shape index (κ1) is 14.7. The maximum atomic E-state index is 12.2. The number of likely N-dealkylation sites (tertiary alicyclic amines) is 1. The van der Waals surface area contributed by atoms with Crippen LogP contribution in [0.5, 0.6) is 0 Å². The molecule has 4 nitrogen and oxygen atoms in total. The summed E-state index contributed by atoms with van der Waals surface area (Å²) in [6.45, 7) is 3.56. The van der Waals surface area contributed by atoms with E-state index in [4.69, 9.17) is 11.6 Å². The van der Waals surface area contributed by atoms with E-state index < -0.39 is 0 Å². The fourth-order valence-corrected chi connectivity index (χ4v) is 3.32. The Morgan fingerprint density at radius 2 is 1.90 bits per heavy atom. The second-order valence-electron chi connectivity index (χ2n) is 5.95. The topological polar surface area (TPSA) is 44.4 Å². The van der Waals surface area contributed by atoms with Crippen molar-refractivity contribution >= 4 is 17.6 Å². The van der Waals surface area contributed by atoms with Gasteiger partial charge in [0.05, 0.1) is 0 Å². The minimum atomic E-state index is 0.0956. The molecule has 114 valence electrons. The van der Waals surface area contributed by atoms with Crippen LogP contribution < -0.4 is 10.6 Å². The highest BCUT2D eigenvalue weighted by Gasteiger charge is 2.25. The van der Waals surface area contributed by atoms with E-state index in [9.17, 15) is 4.79 Å². The Labute approximate surface area is 130 Å². The van der Waals surface area contributed by atoms with Gasteiger partial charge in [-0.15, -0.1) is 0 Å². The van der Waals surface area contributed by atoms with Gasteiger partial charge in [-0.2, -0.15) is 0 Å². The number of benzene rings is 1. The van der Waals surface area contributed by atoms with Crippen molar-refractivity contribution in [3.8, 4) is 0 Å². The summed E-state index contributed by atoms with van der Waals surface area (Å²) in [7, 11) is 0. The Kier molecular flexibility index (Phi) is 4.66. The summed E-state index contributed by atoms with van der Waals surface area (Å²) in [6, 6.07) is 8.50. The number of hydrogen-bond donors (Lipinski definition) is 2. The summed E-state index contributed by atoms with van der Waals surface area (Å²) in [4.78, 5) is 14.2. The lowest BCUT2D eigenvalue weighted by molar-refractivity contribution is 0.178. The van der Waals surface area contributed by atoms with Crippen molar-refractivity contribution < 1.29 is 4.79 Å². The Hall–Kier alpha value is -1.26. The van der Waals surface area contributed by atoms with Crippen LogP contribution in [-0.2, 0) is 0 Å². The number of halogens is 1. The Morgan fingerprint density at radius 1 is 1.19 bits per heavy atom. The molecule has 2 aliphatic heterocycles. The highest BCUT2D eigenvalue weighted by molar-refractivity contribution is 6.30. The van der Waals surface area contributed by atoms with Crippen molar-refractivity contribution in [3.63, 3.8) is 0 Å². The van der Waals surface area contributed by atoms with Crippen molar-refractivity contribution in [2.24, 2.45) is 0 Å². The van der Waals surface area contributed by atoms with Gasteiger partial charge in [0.25, 0.3) is 0 Å². The standard InChI is InChI=1S/C16H22ClN3O/c17-14-3-1-12(2-4-14)13-6-9-20(10-7-13)16(21)19-15-5-8-18-11-15/h1-4,13,15,18H,5-11H2,(H,19,21). The van der Waals surface area contributed by atoms with Crippen molar-refractivity contribution in [2.45, 2.75) is 31.2 Å². The van der Waals surface area contributed by atoms with Crippen LogP contribution in [0.2, 0.25) is 5.02 Å². The SMILES string of the molecule is O=C(NC1CCNC1)N1CCC(c2ccc(Cl)cc2)CC1. The van der Waals surface area contributed by atoms with Crippen LogP contribution in [-0.4, -0.2) is 43.2 Å². The monoisotopic (exact) mass is 307 g/mol. The average Bonchev–Trinajstić information content (AvgIpc) is 3.01. The van der Waals surface area contributed by atoms with Gasteiger partial charge in [0, 0.05) is 30.7 Å². The van der Waals surface area contributed by atoms with Crippen molar-refractivity contribution in [1.82, 2.24) is 15.5 Å². The van der Waals surface area contributed by atoms with Gasteiger partial charge in [-0.1, -0.05) is 23.7 Å². The Bertz CT molecular complexity index is 477. The molecule has 0 saturated carbocycles. The van der Waals surface area contributed by atoms with Crippen molar-refractivity contribution in [1.29, 1.82) is 0 Å². The molecule has 2 fully saturated rings. The Morgan fingerprint density at radius 3 is 2.52 bits per heavy atom. The summed E-state index contributed by atoms with van der Waals surface area (Å²) in [5.41, 5.74) is 1.33. The zero-order valence-electron chi connectivity index (χ0n) is 12.1. The number of nitrogens with zero attached hydrogens (tertiary/aromatic N) is 1. The molecule has 2 heterocycles. The summed E-state index contributed by atoms with van der Waals surface area (Å²) in [6.07, 6.45) is 3.09. The Balaban J connectivity index is 1.50. The van der Waals surface area contributed by atoms with E-state index in [-0.39, 0.29) is 6.03 Å². The van der Waals surface area contributed by atoms with E-state index >= 15 is 0 Å². The molecule has 1 aromatic rings. The van der Waals surface area contributed by atoms with E-state index in [1.54, 1.807) is 0 Å². The van der Waals surface area contributed by atoms with Crippen LogP contribution >= 0.6 is 11.6 Å². The minimum absolute atomic E-state index is 0.0956. The maximum absolute atomic E-state index is 12.2. The fraction of sp³-hybridized carbons (Fsp3) is 0.562. The van der Waals surface area contributed by atoms with Gasteiger partial charge in [0.2, 0.25) is 0 Å². The molecule has 21 heavy (non-hydrogen) atoms. The van der Waals surface area contributed by atoms with Crippen LogP contribution in [0.4, 0.5) is 4.79 Å². The molecule has 2 aliphatic rings. The highest BCUT2D eigenvalue weighted by Crippen LogP contribution is 2.28. The van der Waals surface area contributed by atoms with Crippen LogP contribution in [0.15, 0.2) is 24.3 Å². The van der Waals surface area contributed by atoms with Crippen LogP contribution in [0.25, 0.3) is 0 Å². The number of carbonyl (C=O) groups is 1. The first-order valence-corrected chi connectivity index (χ1v) is 8.12. The summed E-state index contributed by atoms with van der Waals surface area (Å²) < 4.78 is 0. The first-order chi connectivity index (χ1) is 10.2. The van der Waals surface area contributed by atoms with E-state index in [0.717, 1.165) is 50.5 Å². The predicted octanol–water partition coefficient (Wildman–Crippen LogP) is 2.59. The molecule has 2 amide bonds. The number of hydrogen-bond acceptors (Lipinski definition) is 2. The third kappa shape index (κ3) is 3.69. The zero-order valence-corrected chi connectivity index (χ0v) is 12.9. The van der Waals surface area contributed by atoms with Gasteiger partial charge in [0.1, 0.15) is 0 Å². The molecule has 1 atom stereocenters. The number of nitrogens with one attached hydrogen (secondary N) is 2. The van der Waals surface area contributed by atoms with E-state index in [1.165, 1.54) is 5.56 Å². The molecule has 2 saturated heterocycles. The maximum Gasteiger partial charge on any atom is 0.317 e. The van der Waals surface area contributed by atoms with E-state index in [2.05, 4.69) is 22.8 Å². The van der Waals surface area contributed by atoms with Crippen molar-refractivity contribution in [2.75, 3.05) is 26.2 Å². The quantitative estimate of drug-likeness (QED) is 0.882. The second kappa shape index (κ2) is 6.67. The number of carbonyl (C=O) groups excluding carboxylic acids is 1. The minimum Gasteiger partial charge on any atom is -0.334 e. The lowest BCUT2D eigenvalue weighted by Gasteiger charge is -2.33. The third-order valence-electron chi connectivity index (χ3n) is 4.51. The molecule has 3 rings (SSSR count). The lowest BCUT2D eigenvalue weighted by atomic mass is 9.89. The molecular weight excluding hydrogens is 286 g/mol. The van der Waals surface area contributed by atoms with Gasteiger partial charge in [0.15, 0.2) is 0 Å². The molecule has 1 aromatic carbocycles. The summed E-state index contributed by atoms with van der Waals surface area (Å²) in [5, 5.41) is 7.17. The molecule has 0 aliphatic carbocycles. The van der Waals surface area contributed by atoms with Gasteiger partial charge in [-0.3, -0.25) is 0 Å². The molecule has 0 aromatic heterocycles. The van der Waals surface area contributed by atoms with Crippen LogP contribution in [0, 0.1) is 0 Å². The largest absolute Gasteiger partial charge is 0.334 e. The van der Waals surface area contributed by atoms with Gasteiger partial charge in [-0.25, -0.2) is 4.79 Å². The predicted molar refractivity (Wildman–Crippen MR) is 84.8 cm³/mol. The van der Waals surface area contributed by atoms with Crippen LogP contribution in [0.1, 0.15) is 30.7 Å². The first-order valence-electron chi connectivity index (χ1n) is 7.74. The number of amides is 2. The molecule has 0 bridgehead atoms. The summed E-state index contributed by atoms with van der Waals surface area (Å²) >= 11 is 5.93.